The second-order valence-electron chi connectivity index (χ2n) is 3.95. The lowest BCUT2D eigenvalue weighted by atomic mass is 10.2. The van der Waals surface area contributed by atoms with Gasteiger partial charge in [-0.15, -0.1) is 0 Å². The van der Waals surface area contributed by atoms with E-state index in [-0.39, 0.29) is 6.23 Å². The van der Waals surface area contributed by atoms with Crippen molar-refractivity contribution in [1.82, 2.24) is 0 Å². The van der Waals surface area contributed by atoms with Gasteiger partial charge in [0.1, 0.15) is 5.75 Å². The second kappa shape index (κ2) is 4.34. The van der Waals surface area contributed by atoms with Crippen LogP contribution in [0.2, 0.25) is 0 Å². The molecule has 2 aromatic rings. The lowest BCUT2D eigenvalue weighted by molar-refractivity contribution is 0.303. The first kappa shape index (κ1) is 9.97. The van der Waals surface area contributed by atoms with Crippen LogP contribution in [0.5, 0.6) is 5.75 Å². The topological polar surface area (TPSA) is 21.3 Å². The second-order valence-corrected chi connectivity index (χ2v) is 3.95. The Morgan fingerprint density at radius 2 is 1.71 bits per heavy atom. The van der Waals surface area contributed by atoms with E-state index in [1.807, 2.05) is 48.5 Å². The van der Waals surface area contributed by atoms with Gasteiger partial charge in [0.05, 0.1) is 5.69 Å². The largest absolute Gasteiger partial charge is 0.465 e. The summed E-state index contributed by atoms with van der Waals surface area (Å²) in [6.07, 6.45) is 4.01. The normalized spacial score (nSPS) is 17.5. The molecule has 0 fully saturated rings. The minimum atomic E-state index is -0.0763. The van der Waals surface area contributed by atoms with Gasteiger partial charge >= 0.3 is 0 Å². The third kappa shape index (κ3) is 2.16. The number of rotatable bonds is 2. The average Bonchev–Trinajstić information content (AvgIpc) is 2.80. The highest BCUT2D eigenvalue weighted by Crippen LogP contribution is 2.31. The number of ether oxygens (including phenoxy) is 1. The van der Waals surface area contributed by atoms with Crippen LogP contribution in [-0.4, -0.2) is 6.23 Å². The molecule has 0 spiro atoms. The van der Waals surface area contributed by atoms with E-state index in [1.54, 1.807) is 0 Å². The van der Waals surface area contributed by atoms with Crippen LogP contribution in [0.25, 0.3) is 6.08 Å². The molecule has 1 N–H and O–H groups in total. The van der Waals surface area contributed by atoms with Gasteiger partial charge in [0, 0.05) is 0 Å². The third-order valence-electron chi connectivity index (χ3n) is 2.70. The Bertz CT molecular complexity index is 509. The van der Waals surface area contributed by atoms with E-state index in [2.05, 4.69) is 23.5 Å². The molecule has 84 valence electrons. The Kier molecular flexibility index (Phi) is 2.54. The third-order valence-corrected chi connectivity index (χ3v) is 2.70. The minimum Gasteiger partial charge on any atom is -0.465 e. The van der Waals surface area contributed by atoms with Crippen LogP contribution in [0.4, 0.5) is 5.69 Å². The van der Waals surface area contributed by atoms with Gasteiger partial charge in [-0.2, -0.15) is 0 Å². The standard InChI is InChI=1S/C15H13NO/c1-2-6-12(7-3-1)10-11-15-16-13-8-4-5-9-14(13)17-15/h1-11,15-16H/b11-10+. The van der Waals surface area contributed by atoms with Crippen LogP contribution in [-0.2, 0) is 0 Å². The maximum absolute atomic E-state index is 5.73. The molecule has 0 saturated carbocycles. The quantitative estimate of drug-likeness (QED) is 0.841. The van der Waals surface area contributed by atoms with E-state index >= 15 is 0 Å². The van der Waals surface area contributed by atoms with Gasteiger partial charge in [-0.25, -0.2) is 0 Å². The molecular weight excluding hydrogens is 210 g/mol. The molecule has 0 aromatic heterocycles. The summed E-state index contributed by atoms with van der Waals surface area (Å²) < 4.78 is 5.73. The highest BCUT2D eigenvalue weighted by Gasteiger charge is 2.17. The van der Waals surface area contributed by atoms with Crippen LogP contribution in [0.1, 0.15) is 5.56 Å². The van der Waals surface area contributed by atoms with Crippen LogP contribution in [0.3, 0.4) is 0 Å². The molecule has 1 unspecified atom stereocenters. The van der Waals surface area contributed by atoms with Gasteiger partial charge in [-0.1, -0.05) is 48.5 Å². The first-order valence-corrected chi connectivity index (χ1v) is 5.67. The fourth-order valence-electron chi connectivity index (χ4n) is 1.86. The summed E-state index contributed by atoms with van der Waals surface area (Å²) in [5, 5.41) is 3.30. The summed E-state index contributed by atoms with van der Waals surface area (Å²) >= 11 is 0. The summed E-state index contributed by atoms with van der Waals surface area (Å²) in [6.45, 7) is 0. The molecule has 1 atom stereocenters. The molecule has 0 saturated heterocycles. The first-order chi connectivity index (χ1) is 8.42. The van der Waals surface area contributed by atoms with E-state index in [9.17, 15) is 0 Å². The summed E-state index contributed by atoms with van der Waals surface area (Å²) in [4.78, 5) is 0. The molecule has 0 aliphatic carbocycles. The van der Waals surface area contributed by atoms with Crippen molar-refractivity contribution >= 4 is 11.8 Å². The van der Waals surface area contributed by atoms with Crippen molar-refractivity contribution in [2.24, 2.45) is 0 Å². The van der Waals surface area contributed by atoms with Crippen molar-refractivity contribution in [3.05, 3.63) is 66.2 Å². The molecule has 17 heavy (non-hydrogen) atoms. The predicted molar refractivity (Wildman–Crippen MR) is 70.0 cm³/mol. The Hall–Kier alpha value is -2.22. The zero-order valence-corrected chi connectivity index (χ0v) is 9.34. The SMILES string of the molecule is C(=C\C1Nc2ccccc2O1)/c1ccccc1. The van der Waals surface area contributed by atoms with Crippen LogP contribution < -0.4 is 10.1 Å². The highest BCUT2D eigenvalue weighted by atomic mass is 16.5. The summed E-state index contributed by atoms with van der Waals surface area (Å²) in [6, 6.07) is 18.2. The number of fused-ring (bicyclic) bond motifs is 1. The zero-order chi connectivity index (χ0) is 11.5. The number of benzene rings is 2. The Labute approximate surface area is 101 Å². The number of para-hydroxylation sites is 2. The molecule has 0 bridgehead atoms. The molecule has 0 amide bonds. The maximum atomic E-state index is 5.73. The van der Waals surface area contributed by atoms with E-state index in [1.165, 1.54) is 5.56 Å². The summed E-state index contributed by atoms with van der Waals surface area (Å²) in [5.74, 6) is 0.912. The van der Waals surface area contributed by atoms with Gasteiger partial charge in [0.15, 0.2) is 6.23 Å². The molecule has 2 aromatic carbocycles. The lowest BCUT2D eigenvalue weighted by Crippen LogP contribution is -2.16. The average molecular weight is 223 g/mol. The van der Waals surface area contributed by atoms with Crippen molar-refractivity contribution in [3.8, 4) is 5.75 Å². The molecule has 2 nitrogen and oxygen atoms in total. The monoisotopic (exact) mass is 223 g/mol. The van der Waals surface area contributed by atoms with E-state index < -0.39 is 0 Å². The molecule has 0 radical (unpaired) electrons. The van der Waals surface area contributed by atoms with E-state index in [0.717, 1.165) is 11.4 Å². The Balaban J connectivity index is 1.72. The van der Waals surface area contributed by atoms with Crippen molar-refractivity contribution in [2.75, 3.05) is 5.32 Å². The van der Waals surface area contributed by atoms with Crippen LogP contribution in [0, 0.1) is 0 Å². The van der Waals surface area contributed by atoms with Gasteiger partial charge in [-0.05, 0) is 23.8 Å². The predicted octanol–water partition coefficient (Wildman–Crippen LogP) is 3.53. The molecule has 1 heterocycles. The first-order valence-electron chi connectivity index (χ1n) is 5.67. The molecule has 1 aliphatic heterocycles. The van der Waals surface area contributed by atoms with Gasteiger partial charge in [0.25, 0.3) is 0 Å². The smallest absolute Gasteiger partial charge is 0.189 e. The molecule has 3 rings (SSSR count). The highest BCUT2D eigenvalue weighted by molar-refractivity contribution is 5.61. The number of nitrogens with one attached hydrogen (secondary N) is 1. The van der Waals surface area contributed by atoms with Gasteiger partial charge < -0.3 is 10.1 Å². The van der Waals surface area contributed by atoms with Crippen LogP contribution >= 0.6 is 0 Å². The number of anilines is 1. The zero-order valence-electron chi connectivity index (χ0n) is 9.34. The minimum absolute atomic E-state index is 0.0763. The van der Waals surface area contributed by atoms with Crippen LogP contribution in [0.15, 0.2) is 60.7 Å². The van der Waals surface area contributed by atoms with Crippen molar-refractivity contribution in [2.45, 2.75) is 6.23 Å². The number of hydrogen-bond acceptors (Lipinski definition) is 2. The van der Waals surface area contributed by atoms with E-state index in [4.69, 9.17) is 4.74 Å². The fraction of sp³-hybridized carbons (Fsp3) is 0.0667. The molecule has 2 heteroatoms. The maximum Gasteiger partial charge on any atom is 0.189 e. The van der Waals surface area contributed by atoms with Gasteiger partial charge in [-0.3, -0.25) is 0 Å². The molecular formula is C15H13NO. The lowest BCUT2D eigenvalue weighted by Gasteiger charge is -2.04. The van der Waals surface area contributed by atoms with Crippen molar-refractivity contribution < 1.29 is 4.74 Å². The number of hydrogen-bond donors (Lipinski definition) is 1. The van der Waals surface area contributed by atoms with Crippen molar-refractivity contribution in [1.29, 1.82) is 0 Å². The summed E-state index contributed by atoms with van der Waals surface area (Å²) in [7, 11) is 0. The van der Waals surface area contributed by atoms with Gasteiger partial charge in [0.2, 0.25) is 0 Å². The molecule has 1 aliphatic rings. The van der Waals surface area contributed by atoms with Crippen molar-refractivity contribution in [3.63, 3.8) is 0 Å². The fourth-order valence-corrected chi connectivity index (χ4v) is 1.86. The Morgan fingerprint density at radius 3 is 2.53 bits per heavy atom. The Morgan fingerprint density at radius 1 is 0.941 bits per heavy atom. The summed E-state index contributed by atoms with van der Waals surface area (Å²) in [5.41, 5.74) is 2.23. The van der Waals surface area contributed by atoms with E-state index in [0.29, 0.717) is 0 Å².